The maximum atomic E-state index is 12.4. The van der Waals surface area contributed by atoms with E-state index in [0.29, 0.717) is 24.2 Å². The van der Waals surface area contributed by atoms with E-state index in [2.05, 4.69) is 31.4 Å². The summed E-state index contributed by atoms with van der Waals surface area (Å²) in [4.78, 5) is 26.8. The maximum Gasteiger partial charge on any atom is 0.225 e. The molecule has 0 spiro atoms. The Balaban J connectivity index is 0.00000338. The van der Waals surface area contributed by atoms with Crippen LogP contribution in [0.4, 0.5) is 0 Å². The molecule has 2 saturated heterocycles. The molecule has 2 amide bonds. The summed E-state index contributed by atoms with van der Waals surface area (Å²) in [6, 6.07) is 0.231. The number of rotatable bonds is 7. The molecule has 0 bridgehead atoms. The number of nitrogens with one attached hydrogen (secondary N) is 2. The predicted molar refractivity (Wildman–Crippen MR) is 108 cm³/mol. The molecule has 0 aliphatic carbocycles. The van der Waals surface area contributed by atoms with Gasteiger partial charge in [-0.05, 0) is 63.5 Å². The van der Waals surface area contributed by atoms with Crippen molar-refractivity contribution < 1.29 is 9.59 Å². The van der Waals surface area contributed by atoms with Gasteiger partial charge in [0.25, 0.3) is 0 Å². The molecule has 26 heavy (non-hydrogen) atoms. The first kappa shape index (κ1) is 23.2. The van der Waals surface area contributed by atoms with Crippen LogP contribution in [0.3, 0.4) is 0 Å². The van der Waals surface area contributed by atoms with Gasteiger partial charge in [-0.3, -0.25) is 9.59 Å². The van der Waals surface area contributed by atoms with Gasteiger partial charge in [0.2, 0.25) is 11.8 Å². The van der Waals surface area contributed by atoms with Crippen LogP contribution in [-0.4, -0.2) is 48.9 Å². The van der Waals surface area contributed by atoms with E-state index in [1.807, 2.05) is 4.90 Å². The average molecular weight is 388 g/mol. The fourth-order valence-corrected chi connectivity index (χ4v) is 4.25. The standard InChI is InChI=1S/C20H37N3O2.ClH/c1-4-16(5-2)20(25)23-11-8-18(9-12-23)22-19(24)13-15(3)17-7-6-10-21-14-17;/h15-18,21H,4-14H2,1-3H3,(H,22,24);1H. The minimum atomic E-state index is 0. The van der Waals surface area contributed by atoms with Crippen LogP contribution in [0.15, 0.2) is 0 Å². The number of piperidine rings is 2. The number of hydrogen-bond donors (Lipinski definition) is 2. The Labute approximate surface area is 165 Å². The first-order chi connectivity index (χ1) is 12.0. The molecule has 5 nitrogen and oxygen atoms in total. The quantitative estimate of drug-likeness (QED) is 0.705. The highest BCUT2D eigenvalue weighted by molar-refractivity contribution is 5.85. The SMILES string of the molecule is CCC(CC)C(=O)N1CCC(NC(=O)CC(C)C2CCCNC2)CC1.Cl. The number of hydrogen-bond acceptors (Lipinski definition) is 3. The number of amides is 2. The van der Waals surface area contributed by atoms with Crippen molar-refractivity contribution in [3.63, 3.8) is 0 Å². The third-order valence-corrected chi connectivity index (χ3v) is 6.15. The molecule has 2 aliphatic heterocycles. The Morgan fingerprint density at radius 1 is 1.15 bits per heavy atom. The van der Waals surface area contributed by atoms with Gasteiger partial charge in [0.1, 0.15) is 0 Å². The first-order valence-electron chi connectivity index (χ1n) is 10.3. The van der Waals surface area contributed by atoms with Gasteiger partial charge < -0.3 is 15.5 Å². The summed E-state index contributed by atoms with van der Waals surface area (Å²) in [6.45, 7) is 10.1. The van der Waals surface area contributed by atoms with Gasteiger partial charge in [-0.2, -0.15) is 0 Å². The molecule has 0 aromatic rings. The second kappa shape index (κ2) is 11.8. The summed E-state index contributed by atoms with van der Waals surface area (Å²) in [5.74, 6) is 1.70. The van der Waals surface area contributed by atoms with Crippen LogP contribution < -0.4 is 10.6 Å². The lowest BCUT2D eigenvalue weighted by Crippen LogP contribution is -2.48. The normalized spacial score (nSPS) is 22.6. The number of likely N-dealkylation sites (tertiary alicyclic amines) is 1. The second-order valence-electron chi connectivity index (χ2n) is 7.97. The third kappa shape index (κ3) is 6.73. The van der Waals surface area contributed by atoms with E-state index < -0.39 is 0 Å². The molecule has 0 aromatic carbocycles. The minimum Gasteiger partial charge on any atom is -0.353 e. The highest BCUT2D eigenvalue weighted by Gasteiger charge is 2.28. The van der Waals surface area contributed by atoms with Crippen LogP contribution in [0.25, 0.3) is 0 Å². The summed E-state index contributed by atoms with van der Waals surface area (Å²) >= 11 is 0. The fourth-order valence-electron chi connectivity index (χ4n) is 4.25. The van der Waals surface area contributed by atoms with Crippen LogP contribution in [0.5, 0.6) is 0 Å². The first-order valence-corrected chi connectivity index (χ1v) is 10.3. The molecule has 0 saturated carbocycles. The van der Waals surface area contributed by atoms with E-state index in [1.54, 1.807) is 0 Å². The zero-order valence-electron chi connectivity index (χ0n) is 16.8. The maximum absolute atomic E-state index is 12.4. The molecule has 2 fully saturated rings. The van der Waals surface area contributed by atoms with Crippen LogP contribution in [0.1, 0.15) is 65.7 Å². The van der Waals surface area contributed by atoms with Gasteiger partial charge in [0, 0.05) is 31.5 Å². The van der Waals surface area contributed by atoms with E-state index in [0.717, 1.165) is 51.9 Å². The molecule has 2 rings (SSSR count). The summed E-state index contributed by atoms with van der Waals surface area (Å²) in [7, 11) is 0. The smallest absolute Gasteiger partial charge is 0.225 e. The van der Waals surface area contributed by atoms with Gasteiger partial charge in [0.05, 0.1) is 0 Å². The summed E-state index contributed by atoms with van der Waals surface area (Å²) in [5, 5.41) is 6.64. The zero-order chi connectivity index (χ0) is 18.2. The van der Waals surface area contributed by atoms with E-state index in [9.17, 15) is 9.59 Å². The minimum absolute atomic E-state index is 0. The largest absolute Gasteiger partial charge is 0.353 e. The van der Waals surface area contributed by atoms with Crippen molar-refractivity contribution in [2.24, 2.45) is 17.8 Å². The van der Waals surface area contributed by atoms with Crippen molar-refractivity contribution >= 4 is 24.2 Å². The molecule has 0 radical (unpaired) electrons. The summed E-state index contributed by atoms with van der Waals surface area (Å²) in [6.07, 6.45) is 6.69. The van der Waals surface area contributed by atoms with Gasteiger partial charge in [-0.1, -0.05) is 20.8 Å². The predicted octanol–water partition coefficient (Wildman–Crippen LogP) is 2.98. The van der Waals surface area contributed by atoms with Gasteiger partial charge in [-0.25, -0.2) is 0 Å². The lowest BCUT2D eigenvalue weighted by Gasteiger charge is -2.34. The highest BCUT2D eigenvalue weighted by atomic mass is 35.5. The monoisotopic (exact) mass is 387 g/mol. The van der Waals surface area contributed by atoms with Gasteiger partial charge >= 0.3 is 0 Å². The van der Waals surface area contributed by atoms with E-state index >= 15 is 0 Å². The van der Waals surface area contributed by atoms with Crippen molar-refractivity contribution in [1.29, 1.82) is 0 Å². The number of nitrogens with zero attached hydrogens (tertiary/aromatic N) is 1. The Kier molecular flexibility index (Phi) is 10.6. The van der Waals surface area contributed by atoms with Gasteiger partial charge in [-0.15, -0.1) is 12.4 Å². The van der Waals surface area contributed by atoms with E-state index in [4.69, 9.17) is 0 Å². The Morgan fingerprint density at radius 3 is 2.35 bits per heavy atom. The van der Waals surface area contributed by atoms with Crippen molar-refractivity contribution in [3.05, 3.63) is 0 Å². The van der Waals surface area contributed by atoms with Crippen LogP contribution in [-0.2, 0) is 9.59 Å². The molecular weight excluding hydrogens is 350 g/mol. The summed E-state index contributed by atoms with van der Waals surface area (Å²) < 4.78 is 0. The Bertz CT molecular complexity index is 429. The lowest BCUT2D eigenvalue weighted by molar-refractivity contribution is -0.137. The molecule has 2 atom stereocenters. The number of carbonyl (C=O) groups is 2. The van der Waals surface area contributed by atoms with Crippen molar-refractivity contribution in [3.8, 4) is 0 Å². The number of halogens is 1. The molecular formula is C20H38ClN3O2. The molecule has 2 N–H and O–H groups in total. The average Bonchev–Trinajstić information content (AvgIpc) is 2.64. The summed E-state index contributed by atoms with van der Waals surface area (Å²) in [5.41, 5.74) is 0. The molecule has 6 heteroatoms. The molecule has 2 unspecified atom stereocenters. The zero-order valence-corrected chi connectivity index (χ0v) is 17.6. The topological polar surface area (TPSA) is 61.4 Å². The molecule has 2 aliphatic rings. The van der Waals surface area contributed by atoms with E-state index in [-0.39, 0.29) is 30.3 Å². The van der Waals surface area contributed by atoms with Crippen LogP contribution >= 0.6 is 12.4 Å². The number of carbonyl (C=O) groups excluding carboxylic acids is 2. The van der Waals surface area contributed by atoms with E-state index in [1.165, 1.54) is 12.8 Å². The van der Waals surface area contributed by atoms with Crippen LogP contribution in [0, 0.1) is 17.8 Å². The second-order valence-corrected chi connectivity index (χ2v) is 7.97. The molecule has 152 valence electrons. The van der Waals surface area contributed by atoms with Gasteiger partial charge in [0.15, 0.2) is 0 Å². The Hall–Kier alpha value is -0.810. The highest BCUT2D eigenvalue weighted by Crippen LogP contribution is 2.23. The van der Waals surface area contributed by atoms with Crippen molar-refractivity contribution in [2.75, 3.05) is 26.2 Å². The van der Waals surface area contributed by atoms with Crippen LogP contribution in [0.2, 0.25) is 0 Å². The molecule has 0 aromatic heterocycles. The van der Waals surface area contributed by atoms with Crippen molar-refractivity contribution in [2.45, 2.75) is 71.8 Å². The lowest BCUT2D eigenvalue weighted by atomic mass is 9.85. The Morgan fingerprint density at radius 2 is 1.81 bits per heavy atom. The molecule has 2 heterocycles. The fraction of sp³-hybridized carbons (Fsp3) is 0.900. The third-order valence-electron chi connectivity index (χ3n) is 6.15. The van der Waals surface area contributed by atoms with Crippen molar-refractivity contribution in [1.82, 2.24) is 15.5 Å².